The van der Waals surface area contributed by atoms with Crippen LogP contribution in [0.15, 0.2) is 33.7 Å². The maximum atomic E-state index is 12.6. The fourth-order valence-electron chi connectivity index (χ4n) is 2.37. The highest BCUT2D eigenvalue weighted by Gasteiger charge is 2.29. The van der Waals surface area contributed by atoms with Gasteiger partial charge in [-0.05, 0) is 38.5 Å². The van der Waals surface area contributed by atoms with Crippen LogP contribution in [0.2, 0.25) is 0 Å². The molecule has 0 saturated carbocycles. The Kier molecular flexibility index (Phi) is 8.58. The summed E-state index contributed by atoms with van der Waals surface area (Å²) in [6, 6.07) is 5.13. The minimum absolute atomic E-state index is 0. The highest BCUT2D eigenvalue weighted by Crippen LogP contribution is 2.29. The zero-order valence-corrected chi connectivity index (χ0v) is 18.1. The Morgan fingerprint density at radius 1 is 1.22 bits per heavy atom. The fraction of sp³-hybridized carbons (Fsp3) is 0.444. The van der Waals surface area contributed by atoms with Crippen LogP contribution in [0.3, 0.4) is 0 Å². The summed E-state index contributed by atoms with van der Waals surface area (Å²) >= 11 is 0. The lowest BCUT2D eigenvalue weighted by atomic mass is 10.1. The Morgan fingerprint density at radius 2 is 1.85 bits per heavy atom. The smallest absolute Gasteiger partial charge is 0.416 e. The molecule has 0 aliphatic carbocycles. The molecule has 1 N–H and O–H groups in total. The van der Waals surface area contributed by atoms with E-state index >= 15 is 0 Å². The van der Waals surface area contributed by atoms with Gasteiger partial charge >= 0.3 is 6.18 Å². The molecule has 0 bridgehead atoms. The van der Waals surface area contributed by atoms with Gasteiger partial charge in [0.05, 0.1) is 11.3 Å². The summed E-state index contributed by atoms with van der Waals surface area (Å²) in [7, 11) is 1.82. The fourth-order valence-corrected chi connectivity index (χ4v) is 2.37. The number of aromatic nitrogens is 1. The molecule has 1 aromatic heterocycles. The number of halogens is 4. The van der Waals surface area contributed by atoms with Gasteiger partial charge in [-0.1, -0.05) is 12.1 Å². The molecule has 0 fully saturated rings. The predicted molar refractivity (Wildman–Crippen MR) is 109 cm³/mol. The molecule has 0 saturated heterocycles. The van der Waals surface area contributed by atoms with E-state index in [1.807, 2.05) is 32.7 Å². The monoisotopic (exact) mass is 496 g/mol. The van der Waals surface area contributed by atoms with Gasteiger partial charge in [0.2, 0.25) is 5.89 Å². The van der Waals surface area contributed by atoms with Crippen molar-refractivity contribution < 1.29 is 17.6 Å². The normalized spacial score (nSPS) is 11.9. The first-order valence-electron chi connectivity index (χ1n) is 8.29. The zero-order valence-electron chi connectivity index (χ0n) is 15.7. The van der Waals surface area contributed by atoms with Crippen molar-refractivity contribution in [1.29, 1.82) is 0 Å². The van der Waals surface area contributed by atoms with Crippen molar-refractivity contribution >= 4 is 29.9 Å². The van der Waals surface area contributed by atoms with E-state index in [0.717, 1.165) is 29.2 Å². The standard InChI is InChI=1S/C18H23F3N4O.HI/c1-5-22-17(23-10-16-24-12(2)13(3)26-16)25(4)11-14-6-8-15(9-7-14)18(19,20)21;/h6-9H,5,10-11H2,1-4H3,(H,22,23);1H. The van der Waals surface area contributed by atoms with Crippen molar-refractivity contribution in [2.24, 2.45) is 4.99 Å². The summed E-state index contributed by atoms with van der Waals surface area (Å²) < 4.78 is 43.5. The lowest BCUT2D eigenvalue weighted by Gasteiger charge is -2.22. The molecule has 0 unspecified atom stereocenters. The molecule has 0 aliphatic heterocycles. The van der Waals surface area contributed by atoms with Gasteiger partial charge in [0, 0.05) is 20.1 Å². The largest absolute Gasteiger partial charge is 0.444 e. The molecule has 9 heteroatoms. The van der Waals surface area contributed by atoms with E-state index in [1.165, 1.54) is 12.1 Å². The Balaban J connectivity index is 0.00000364. The summed E-state index contributed by atoms with van der Waals surface area (Å²) in [6.07, 6.45) is -4.33. The quantitative estimate of drug-likeness (QED) is 0.376. The molecular weight excluding hydrogens is 472 g/mol. The van der Waals surface area contributed by atoms with E-state index in [4.69, 9.17) is 4.42 Å². The van der Waals surface area contributed by atoms with Crippen LogP contribution in [0.25, 0.3) is 0 Å². The summed E-state index contributed by atoms with van der Waals surface area (Å²) in [4.78, 5) is 10.6. The van der Waals surface area contributed by atoms with Gasteiger partial charge < -0.3 is 14.6 Å². The number of aryl methyl sites for hydroxylation is 2. The van der Waals surface area contributed by atoms with Crippen molar-refractivity contribution in [1.82, 2.24) is 15.2 Å². The Bertz CT molecular complexity index is 737. The third-order valence-electron chi connectivity index (χ3n) is 3.83. The number of nitrogens with one attached hydrogen (secondary N) is 1. The minimum atomic E-state index is -4.33. The second-order valence-electron chi connectivity index (χ2n) is 5.97. The van der Waals surface area contributed by atoms with E-state index in [9.17, 15) is 13.2 Å². The summed E-state index contributed by atoms with van der Waals surface area (Å²) in [5.74, 6) is 1.91. The van der Waals surface area contributed by atoms with Crippen LogP contribution in [0, 0.1) is 13.8 Å². The number of alkyl halides is 3. The number of oxazole rings is 1. The van der Waals surface area contributed by atoms with Gasteiger partial charge in [0.1, 0.15) is 12.3 Å². The van der Waals surface area contributed by atoms with E-state index in [2.05, 4.69) is 15.3 Å². The van der Waals surface area contributed by atoms with E-state index in [0.29, 0.717) is 24.9 Å². The van der Waals surface area contributed by atoms with Crippen molar-refractivity contribution in [2.75, 3.05) is 13.6 Å². The van der Waals surface area contributed by atoms with Crippen LogP contribution < -0.4 is 5.32 Å². The molecule has 0 radical (unpaired) electrons. The molecule has 5 nitrogen and oxygen atoms in total. The maximum Gasteiger partial charge on any atom is 0.416 e. The molecule has 2 rings (SSSR count). The van der Waals surface area contributed by atoms with Crippen LogP contribution in [0.5, 0.6) is 0 Å². The van der Waals surface area contributed by atoms with Crippen molar-refractivity contribution in [3.8, 4) is 0 Å². The molecule has 0 spiro atoms. The Morgan fingerprint density at radius 3 is 2.33 bits per heavy atom. The molecule has 0 amide bonds. The van der Waals surface area contributed by atoms with E-state index in [-0.39, 0.29) is 30.5 Å². The summed E-state index contributed by atoms with van der Waals surface area (Å²) in [5.41, 5.74) is 0.936. The summed E-state index contributed by atoms with van der Waals surface area (Å²) in [6.45, 7) is 7.04. The second kappa shape index (κ2) is 9.95. The minimum Gasteiger partial charge on any atom is -0.444 e. The molecule has 0 aliphatic rings. The molecule has 0 atom stereocenters. The first-order chi connectivity index (χ1) is 12.2. The molecular formula is C18H24F3IN4O. The van der Waals surface area contributed by atoms with Gasteiger partial charge in [-0.3, -0.25) is 0 Å². The number of aliphatic imine (C=N–C) groups is 1. The Hall–Kier alpha value is -1.78. The highest BCUT2D eigenvalue weighted by atomic mass is 127. The van der Waals surface area contributed by atoms with Crippen LogP contribution in [-0.2, 0) is 19.3 Å². The predicted octanol–water partition coefficient (Wildman–Crippen LogP) is 4.53. The van der Waals surface area contributed by atoms with Crippen molar-refractivity contribution in [2.45, 2.75) is 40.0 Å². The molecule has 1 heterocycles. The maximum absolute atomic E-state index is 12.6. The SMILES string of the molecule is CCNC(=NCc1nc(C)c(C)o1)N(C)Cc1ccc(C(F)(F)F)cc1.I. The number of rotatable bonds is 5. The lowest BCUT2D eigenvalue weighted by molar-refractivity contribution is -0.137. The lowest BCUT2D eigenvalue weighted by Crippen LogP contribution is -2.38. The number of guanidine groups is 1. The number of nitrogens with zero attached hydrogens (tertiary/aromatic N) is 3. The number of hydrogen-bond acceptors (Lipinski definition) is 3. The number of benzene rings is 1. The first kappa shape index (κ1) is 23.3. The van der Waals surface area contributed by atoms with Gasteiger partial charge in [0.25, 0.3) is 0 Å². The van der Waals surface area contributed by atoms with Gasteiger partial charge in [-0.25, -0.2) is 9.98 Å². The Labute approximate surface area is 174 Å². The van der Waals surface area contributed by atoms with Gasteiger partial charge in [-0.2, -0.15) is 13.2 Å². The number of hydrogen-bond donors (Lipinski definition) is 1. The third kappa shape index (κ3) is 6.71. The average Bonchev–Trinajstić information content (AvgIpc) is 2.89. The third-order valence-corrected chi connectivity index (χ3v) is 3.83. The topological polar surface area (TPSA) is 53.7 Å². The van der Waals surface area contributed by atoms with Gasteiger partial charge in [0.15, 0.2) is 5.96 Å². The van der Waals surface area contributed by atoms with Crippen LogP contribution >= 0.6 is 24.0 Å². The van der Waals surface area contributed by atoms with Crippen LogP contribution in [-0.4, -0.2) is 29.4 Å². The van der Waals surface area contributed by atoms with Crippen molar-refractivity contribution in [3.05, 3.63) is 52.7 Å². The highest BCUT2D eigenvalue weighted by molar-refractivity contribution is 14.0. The molecule has 1 aromatic carbocycles. The van der Waals surface area contributed by atoms with Crippen molar-refractivity contribution in [3.63, 3.8) is 0 Å². The zero-order chi connectivity index (χ0) is 19.3. The average molecular weight is 496 g/mol. The molecule has 150 valence electrons. The first-order valence-corrected chi connectivity index (χ1v) is 8.29. The van der Waals surface area contributed by atoms with E-state index in [1.54, 1.807) is 0 Å². The molecule has 27 heavy (non-hydrogen) atoms. The second-order valence-corrected chi connectivity index (χ2v) is 5.97. The van der Waals surface area contributed by atoms with Crippen LogP contribution in [0.1, 0.15) is 35.4 Å². The van der Waals surface area contributed by atoms with Gasteiger partial charge in [-0.15, -0.1) is 24.0 Å². The van der Waals surface area contributed by atoms with Crippen LogP contribution in [0.4, 0.5) is 13.2 Å². The van der Waals surface area contributed by atoms with E-state index < -0.39 is 11.7 Å². The molecule has 2 aromatic rings. The summed E-state index contributed by atoms with van der Waals surface area (Å²) in [5, 5.41) is 3.16.